The molecule has 92 valence electrons. The average molecular weight is 236 g/mol. The van der Waals surface area contributed by atoms with Gasteiger partial charge in [0.25, 0.3) is 0 Å². The van der Waals surface area contributed by atoms with Crippen molar-refractivity contribution in [3.63, 3.8) is 0 Å². The highest BCUT2D eigenvalue weighted by atomic mass is 16.4. The van der Waals surface area contributed by atoms with Crippen LogP contribution in [0.25, 0.3) is 0 Å². The third kappa shape index (κ3) is 4.14. The number of hydrogen-bond donors (Lipinski definition) is 2. The number of carbonyl (C=O) groups is 2. The van der Waals surface area contributed by atoms with E-state index in [2.05, 4.69) is 5.43 Å². The summed E-state index contributed by atoms with van der Waals surface area (Å²) in [6.07, 6.45) is -1.18. The maximum Gasteiger partial charge on any atom is 0.426 e. The molecule has 0 atom stereocenters. The van der Waals surface area contributed by atoms with Crippen molar-refractivity contribution in [2.45, 2.75) is 20.4 Å². The molecule has 0 bridgehead atoms. The molecule has 0 unspecified atom stereocenters. The van der Waals surface area contributed by atoms with Crippen molar-refractivity contribution in [1.29, 1.82) is 0 Å². The minimum atomic E-state index is -1.18. The Labute approximate surface area is 100 Å². The molecule has 0 fully saturated rings. The second kappa shape index (κ2) is 5.89. The van der Waals surface area contributed by atoms with Crippen molar-refractivity contribution in [2.75, 3.05) is 0 Å². The van der Waals surface area contributed by atoms with E-state index in [0.717, 1.165) is 10.6 Å². The first-order valence-electron chi connectivity index (χ1n) is 5.35. The van der Waals surface area contributed by atoms with Crippen LogP contribution < -0.4 is 5.43 Å². The molecule has 0 saturated heterocycles. The van der Waals surface area contributed by atoms with Crippen molar-refractivity contribution in [3.8, 4) is 0 Å². The van der Waals surface area contributed by atoms with E-state index >= 15 is 0 Å². The fourth-order valence-electron chi connectivity index (χ4n) is 1.18. The molecule has 2 N–H and O–H groups in total. The molecule has 0 heterocycles. The summed E-state index contributed by atoms with van der Waals surface area (Å²) in [6, 6.07) is 9.09. The lowest BCUT2D eigenvalue weighted by molar-refractivity contribution is -0.128. The molecular formula is C12H16N2O3. The van der Waals surface area contributed by atoms with Gasteiger partial charge in [0.05, 0.1) is 6.54 Å². The number of carbonyl (C=O) groups excluding carboxylic acids is 1. The smallest absolute Gasteiger partial charge is 0.426 e. The topological polar surface area (TPSA) is 69.6 Å². The fraction of sp³-hybridized carbons (Fsp3) is 0.333. The van der Waals surface area contributed by atoms with Crippen molar-refractivity contribution in [2.24, 2.45) is 5.92 Å². The Morgan fingerprint density at radius 3 is 2.35 bits per heavy atom. The summed E-state index contributed by atoms with van der Waals surface area (Å²) in [6.45, 7) is 3.55. The molecule has 1 aromatic carbocycles. The van der Waals surface area contributed by atoms with Gasteiger partial charge in [-0.2, -0.15) is 0 Å². The van der Waals surface area contributed by atoms with Gasteiger partial charge in [0.2, 0.25) is 5.91 Å². The second-order valence-corrected chi connectivity index (χ2v) is 3.99. The number of nitrogens with one attached hydrogen (secondary N) is 1. The van der Waals surface area contributed by atoms with Gasteiger partial charge >= 0.3 is 6.09 Å². The van der Waals surface area contributed by atoms with Crippen LogP contribution in [0.2, 0.25) is 0 Å². The van der Waals surface area contributed by atoms with Crippen molar-refractivity contribution >= 4 is 12.0 Å². The number of nitrogens with zero attached hydrogens (tertiary/aromatic N) is 1. The molecule has 5 nitrogen and oxygen atoms in total. The van der Waals surface area contributed by atoms with E-state index < -0.39 is 6.09 Å². The van der Waals surface area contributed by atoms with Gasteiger partial charge in [-0.05, 0) is 5.56 Å². The normalized spacial score (nSPS) is 10.1. The lowest BCUT2D eigenvalue weighted by atomic mass is 10.2. The van der Waals surface area contributed by atoms with Crippen molar-refractivity contribution in [1.82, 2.24) is 10.4 Å². The summed E-state index contributed by atoms with van der Waals surface area (Å²) in [5, 5.41) is 9.86. The maximum atomic E-state index is 11.4. The molecule has 0 radical (unpaired) electrons. The second-order valence-electron chi connectivity index (χ2n) is 3.99. The summed E-state index contributed by atoms with van der Waals surface area (Å²) in [5.74, 6) is -0.573. The third-order valence-electron chi connectivity index (χ3n) is 2.18. The Morgan fingerprint density at radius 2 is 1.88 bits per heavy atom. The quantitative estimate of drug-likeness (QED) is 0.787. The number of amides is 2. The Hall–Kier alpha value is -2.04. The van der Waals surface area contributed by atoms with Crippen LogP contribution in [0.15, 0.2) is 30.3 Å². The van der Waals surface area contributed by atoms with Gasteiger partial charge in [0.15, 0.2) is 0 Å². The Balaban J connectivity index is 2.68. The number of benzene rings is 1. The molecule has 5 heteroatoms. The van der Waals surface area contributed by atoms with E-state index in [4.69, 9.17) is 5.11 Å². The van der Waals surface area contributed by atoms with Crippen LogP contribution >= 0.6 is 0 Å². The number of hydrazine groups is 1. The summed E-state index contributed by atoms with van der Waals surface area (Å²) in [5.41, 5.74) is 3.18. The zero-order valence-electron chi connectivity index (χ0n) is 9.88. The number of rotatable bonds is 3. The Kier molecular flexibility index (Phi) is 4.51. The summed E-state index contributed by atoms with van der Waals surface area (Å²) in [7, 11) is 0. The maximum absolute atomic E-state index is 11.4. The van der Waals surface area contributed by atoms with Crippen LogP contribution in [-0.4, -0.2) is 22.1 Å². The van der Waals surface area contributed by atoms with Gasteiger partial charge in [0.1, 0.15) is 0 Å². The molecule has 2 amide bonds. The van der Waals surface area contributed by atoms with E-state index in [1.54, 1.807) is 26.0 Å². The lowest BCUT2D eigenvalue weighted by Gasteiger charge is -2.21. The van der Waals surface area contributed by atoms with Gasteiger partial charge in [0, 0.05) is 5.92 Å². The molecular weight excluding hydrogens is 220 g/mol. The zero-order valence-corrected chi connectivity index (χ0v) is 9.88. The standard InChI is InChI=1S/C12H16N2O3/c1-9(2)11(15)13-14(12(16)17)8-10-6-4-3-5-7-10/h3-7,9H,8H2,1-2H3,(H,13,15)(H,16,17). The molecule has 0 aliphatic heterocycles. The highest BCUT2D eigenvalue weighted by Gasteiger charge is 2.17. The van der Waals surface area contributed by atoms with Crippen molar-refractivity contribution in [3.05, 3.63) is 35.9 Å². The summed E-state index contributed by atoms with van der Waals surface area (Å²) in [4.78, 5) is 22.4. The molecule has 1 rings (SSSR count). The predicted molar refractivity (Wildman–Crippen MR) is 63.0 cm³/mol. The summed E-state index contributed by atoms with van der Waals surface area (Å²) < 4.78 is 0. The SMILES string of the molecule is CC(C)C(=O)NN(Cc1ccccc1)C(=O)O. The highest BCUT2D eigenvalue weighted by Crippen LogP contribution is 2.03. The third-order valence-corrected chi connectivity index (χ3v) is 2.18. The van der Waals surface area contributed by atoms with Crippen LogP contribution in [-0.2, 0) is 11.3 Å². The van der Waals surface area contributed by atoms with Crippen LogP contribution in [0.4, 0.5) is 4.79 Å². The molecule has 0 spiro atoms. The Morgan fingerprint density at radius 1 is 1.29 bits per heavy atom. The van der Waals surface area contributed by atoms with Crippen LogP contribution in [0, 0.1) is 5.92 Å². The van der Waals surface area contributed by atoms with Gasteiger partial charge in [-0.15, -0.1) is 0 Å². The predicted octanol–water partition coefficient (Wildman–Crippen LogP) is 1.85. The zero-order chi connectivity index (χ0) is 12.8. The molecule has 0 aliphatic rings. The molecule has 17 heavy (non-hydrogen) atoms. The van der Waals surface area contributed by atoms with Gasteiger partial charge in [-0.25, -0.2) is 9.80 Å². The first-order chi connectivity index (χ1) is 8.00. The van der Waals surface area contributed by atoms with E-state index in [0.29, 0.717) is 0 Å². The van der Waals surface area contributed by atoms with Crippen LogP contribution in [0.5, 0.6) is 0 Å². The van der Waals surface area contributed by atoms with Gasteiger partial charge in [-0.3, -0.25) is 10.2 Å². The average Bonchev–Trinajstić information content (AvgIpc) is 2.29. The lowest BCUT2D eigenvalue weighted by Crippen LogP contribution is -2.46. The molecule has 0 aliphatic carbocycles. The fourth-order valence-corrected chi connectivity index (χ4v) is 1.18. The monoisotopic (exact) mass is 236 g/mol. The minimum absolute atomic E-state index is 0.134. The van der Waals surface area contributed by atoms with Gasteiger partial charge < -0.3 is 5.11 Å². The van der Waals surface area contributed by atoms with E-state index in [1.165, 1.54) is 0 Å². The first-order valence-corrected chi connectivity index (χ1v) is 5.35. The van der Waals surface area contributed by atoms with E-state index in [9.17, 15) is 9.59 Å². The van der Waals surface area contributed by atoms with E-state index in [1.807, 2.05) is 18.2 Å². The van der Waals surface area contributed by atoms with Crippen molar-refractivity contribution < 1.29 is 14.7 Å². The largest absolute Gasteiger partial charge is 0.464 e. The molecule has 1 aromatic rings. The molecule has 0 saturated carbocycles. The Bertz CT molecular complexity index is 390. The highest BCUT2D eigenvalue weighted by molar-refractivity contribution is 5.80. The minimum Gasteiger partial charge on any atom is -0.464 e. The van der Waals surface area contributed by atoms with E-state index in [-0.39, 0.29) is 18.4 Å². The van der Waals surface area contributed by atoms with Gasteiger partial charge in [-0.1, -0.05) is 44.2 Å². The first kappa shape index (κ1) is 13.0. The number of carboxylic acid groups (broad SMARTS) is 1. The number of hydrogen-bond acceptors (Lipinski definition) is 2. The van der Waals surface area contributed by atoms with Crippen LogP contribution in [0.3, 0.4) is 0 Å². The molecule has 0 aromatic heterocycles. The van der Waals surface area contributed by atoms with Crippen LogP contribution in [0.1, 0.15) is 19.4 Å². The summed E-state index contributed by atoms with van der Waals surface area (Å²) >= 11 is 0.